The quantitative estimate of drug-likeness (QED) is 0.834. The lowest BCUT2D eigenvalue weighted by Crippen LogP contribution is -2.34. The SMILES string of the molecule is CC1(CNC(=O)c2sccc2C#CCO)CCCC1. The van der Waals surface area contributed by atoms with E-state index in [4.69, 9.17) is 5.11 Å². The molecule has 0 radical (unpaired) electrons. The summed E-state index contributed by atoms with van der Waals surface area (Å²) in [5.74, 6) is 5.34. The van der Waals surface area contributed by atoms with Crippen molar-refractivity contribution >= 4 is 17.2 Å². The van der Waals surface area contributed by atoms with Gasteiger partial charge in [-0.3, -0.25) is 4.79 Å². The van der Waals surface area contributed by atoms with Crippen LogP contribution >= 0.6 is 11.3 Å². The van der Waals surface area contributed by atoms with E-state index in [1.165, 1.54) is 37.0 Å². The molecule has 0 aromatic carbocycles. The van der Waals surface area contributed by atoms with Gasteiger partial charge in [-0.15, -0.1) is 11.3 Å². The van der Waals surface area contributed by atoms with Gasteiger partial charge in [0.1, 0.15) is 11.5 Å². The highest BCUT2D eigenvalue weighted by Gasteiger charge is 2.29. The number of nitrogens with one attached hydrogen (secondary N) is 1. The average molecular weight is 277 g/mol. The molecule has 1 saturated carbocycles. The zero-order chi connectivity index (χ0) is 13.7. The molecule has 1 aromatic heterocycles. The van der Waals surface area contributed by atoms with Crippen LogP contribution in [0.5, 0.6) is 0 Å². The fraction of sp³-hybridized carbons (Fsp3) is 0.533. The zero-order valence-corrected chi connectivity index (χ0v) is 12.0. The van der Waals surface area contributed by atoms with Crippen molar-refractivity contribution in [1.29, 1.82) is 0 Å². The second-order valence-electron chi connectivity index (χ2n) is 5.32. The van der Waals surface area contributed by atoms with Gasteiger partial charge < -0.3 is 10.4 Å². The number of carbonyl (C=O) groups excluding carboxylic acids is 1. The summed E-state index contributed by atoms with van der Waals surface area (Å²) in [6.07, 6.45) is 4.90. The van der Waals surface area contributed by atoms with E-state index in [9.17, 15) is 4.79 Å². The summed E-state index contributed by atoms with van der Waals surface area (Å²) in [6, 6.07) is 1.82. The first-order valence-corrected chi connectivity index (χ1v) is 7.48. The van der Waals surface area contributed by atoms with E-state index in [0.717, 1.165) is 6.54 Å². The molecule has 0 spiro atoms. The Bertz CT molecular complexity index is 504. The number of hydrogen-bond donors (Lipinski definition) is 2. The van der Waals surface area contributed by atoms with Gasteiger partial charge in [0.15, 0.2) is 0 Å². The Morgan fingerprint density at radius 3 is 2.95 bits per heavy atom. The second-order valence-corrected chi connectivity index (χ2v) is 6.24. The lowest BCUT2D eigenvalue weighted by atomic mass is 9.89. The first-order chi connectivity index (χ1) is 9.14. The van der Waals surface area contributed by atoms with Gasteiger partial charge in [-0.2, -0.15) is 0 Å². The topological polar surface area (TPSA) is 49.3 Å². The number of amides is 1. The molecule has 1 aliphatic rings. The Balaban J connectivity index is 1.98. The molecule has 0 bridgehead atoms. The molecule has 102 valence electrons. The molecule has 0 saturated heterocycles. The molecule has 2 rings (SSSR count). The third-order valence-corrected chi connectivity index (χ3v) is 4.57. The second kappa shape index (κ2) is 6.23. The van der Waals surface area contributed by atoms with Crippen molar-refractivity contribution in [2.24, 2.45) is 5.41 Å². The number of hydrogen-bond acceptors (Lipinski definition) is 3. The summed E-state index contributed by atoms with van der Waals surface area (Å²) in [6.45, 7) is 2.78. The monoisotopic (exact) mass is 277 g/mol. The van der Waals surface area contributed by atoms with Crippen molar-refractivity contribution in [3.63, 3.8) is 0 Å². The highest BCUT2D eigenvalue weighted by molar-refractivity contribution is 7.12. The number of rotatable bonds is 3. The molecule has 0 aliphatic heterocycles. The first kappa shape index (κ1) is 14.1. The van der Waals surface area contributed by atoms with Crippen LogP contribution in [0.2, 0.25) is 0 Å². The maximum absolute atomic E-state index is 12.2. The van der Waals surface area contributed by atoms with E-state index in [1.807, 2.05) is 11.4 Å². The van der Waals surface area contributed by atoms with Crippen LogP contribution in [0, 0.1) is 17.3 Å². The van der Waals surface area contributed by atoms with Crippen LogP contribution in [-0.4, -0.2) is 24.2 Å². The third-order valence-electron chi connectivity index (χ3n) is 3.66. The first-order valence-electron chi connectivity index (χ1n) is 6.60. The standard InChI is InChI=1S/C15H19NO2S/c1-15(7-2-3-8-15)11-16-14(18)13-12(5-4-9-17)6-10-19-13/h6,10,17H,2-3,7-9,11H2,1H3,(H,16,18). The highest BCUT2D eigenvalue weighted by Crippen LogP contribution is 2.36. The summed E-state index contributed by atoms with van der Waals surface area (Å²) in [5.41, 5.74) is 0.956. The lowest BCUT2D eigenvalue weighted by Gasteiger charge is -2.23. The molecule has 0 unspecified atom stereocenters. The van der Waals surface area contributed by atoms with Crippen LogP contribution in [0.25, 0.3) is 0 Å². The Labute approximate surface area is 118 Å². The summed E-state index contributed by atoms with van der Waals surface area (Å²) in [5, 5.41) is 13.6. The van der Waals surface area contributed by atoms with Crippen LogP contribution in [0.15, 0.2) is 11.4 Å². The fourth-order valence-corrected chi connectivity index (χ4v) is 3.26. The van der Waals surface area contributed by atoms with Crippen LogP contribution in [-0.2, 0) is 0 Å². The molecule has 1 aromatic rings. The minimum Gasteiger partial charge on any atom is -0.384 e. The van der Waals surface area contributed by atoms with Crippen molar-refractivity contribution in [3.8, 4) is 11.8 Å². The van der Waals surface area contributed by atoms with Crippen LogP contribution in [0.3, 0.4) is 0 Å². The summed E-state index contributed by atoms with van der Waals surface area (Å²) < 4.78 is 0. The Morgan fingerprint density at radius 1 is 1.53 bits per heavy atom. The van der Waals surface area contributed by atoms with Gasteiger partial charge in [-0.25, -0.2) is 0 Å². The molecule has 3 nitrogen and oxygen atoms in total. The van der Waals surface area contributed by atoms with Crippen LogP contribution < -0.4 is 5.32 Å². The molecular formula is C15H19NO2S. The predicted molar refractivity (Wildman–Crippen MR) is 77.2 cm³/mol. The van der Waals surface area contributed by atoms with Gasteiger partial charge in [0, 0.05) is 12.1 Å². The molecule has 2 N–H and O–H groups in total. The molecule has 0 atom stereocenters. The molecule has 1 heterocycles. The number of thiophene rings is 1. The maximum Gasteiger partial charge on any atom is 0.262 e. The van der Waals surface area contributed by atoms with Crippen molar-refractivity contribution < 1.29 is 9.90 Å². The lowest BCUT2D eigenvalue weighted by molar-refractivity contribution is 0.0938. The minimum atomic E-state index is -0.186. The molecular weight excluding hydrogens is 258 g/mol. The largest absolute Gasteiger partial charge is 0.384 e. The molecule has 1 aliphatic carbocycles. The molecule has 1 fully saturated rings. The van der Waals surface area contributed by atoms with Gasteiger partial charge in [-0.1, -0.05) is 31.6 Å². The van der Waals surface area contributed by atoms with E-state index >= 15 is 0 Å². The van der Waals surface area contributed by atoms with Crippen molar-refractivity contribution in [2.75, 3.05) is 13.2 Å². The predicted octanol–water partition coefficient (Wildman–Crippen LogP) is 2.40. The zero-order valence-electron chi connectivity index (χ0n) is 11.2. The molecule has 19 heavy (non-hydrogen) atoms. The number of carbonyl (C=O) groups is 1. The highest BCUT2D eigenvalue weighted by atomic mass is 32.1. The van der Waals surface area contributed by atoms with E-state index in [1.54, 1.807) is 0 Å². The van der Waals surface area contributed by atoms with E-state index in [2.05, 4.69) is 24.1 Å². The van der Waals surface area contributed by atoms with E-state index in [0.29, 0.717) is 10.4 Å². The number of aliphatic hydroxyl groups is 1. The summed E-state index contributed by atoms with van der Waals surface area (Å²) >= 11 is 1.39. The van der Waals surface area contributed by atoms with E-state index in [-0.39, 0.29) is 17.9 Å². The smallest absolute Gasteiger partial charge is 0.262 e. The Hall–Kier alpha value is -1.31. The van der Waals surface area contributed by atoms with Gasteiger partial charge in [0.2, 0.25) is 0 Å². The number of aliphatic hydroxyl groups excluding tert-OH is 1. The Kier molecular flexibility index (Phi) is 4.62. The van der Waals surface area contributed by atoms with E-state index < -0.39 is 0 Å². The van der Waals surface area contributed by atoms with Crippen LogP contribution in [0.1, 0.15) is 47.8 Å². The summed E-state index contributed by atoms with van der Waals surface area (Å²) in [4.78, 5) is 12.8. The van der Waals surface area contributed by atoms with Gasteiger partial charge in [0.25, 0.3) is 5.91 Å². The average Bonchev–Trinajstić information content (AvgIpc) is 3.03. The molecule has 1 amide bonds. The normalized spacial score (nSPS) is 16.7. The molecule has 4 heteroatoms. The van der Waals surface area contributed by atoms with Crippen molar-refractivity contribution in [2.45, 2.75) is 32.6 Å². The third kappa shape index (κ3) is 3.59. The van der Waals surface area contributed by atoms with Crippen LogP contribution in [0.4, 0.5) is 0 Å². The fourth-order valence-electron chi connectivity index (χ4n) is 2.50. The van der Waals surface area contributed by atoms with Crippen molar-refractivity contribution in [1.82, 2.24) is 5.32 Å². The minimum absolute atomic E-state index is 0.0506. The summed E-state index contributed by atoms with van der Waals surface area (Å²) in [7, 11) is 0. The maximum atomic E-state index is 12.2. The van der Waals surface area contributed by atoms with Gasteiger partial charge in [-0.05, 0) is 29.7 Å². The van der Waals surface area contributed by atoms with Crippen molar-refractivity contribution in [3.05, 3.63) is 21.9 Å². The van der Waals surface area contributed by atoms with Gasteiger partial charge in [0.05, 0.1) is 0 Å². The Morgan fingerprint density at radius 2 is 2.26 bits per heavy atom. The van der Waals surface area contributed by atoms with Gasteiger partial charge >= 0.3 is 0 Å².